The van der Waals surface area contributed by atoms with Crippen LogP contribution in [0, 0.1) is 0 Å². The van der Waals surface area contributed by atoms with Crippen molar-refractivity contribution in [2.45, 2.75) is 32.2 Å². The Labute approximate surface area is 134 Å². The van der Waals surface area contributed by atoms with Crippen molar-refractivity contribution in [2.24, 2.45) is 5.73 Å². The predicted molar refractivity (Wildman–Crippen MR) is 86.7 cm³/mol. The lowest BCUT2D eigenvalue weighted by molar-refractivity contribution is -0.121. The number of nitrogens with one attached hydrogen (secondary N) is 1. The van der Waals surface area contributed by atoms with E-state index >= 15 is 0 Å². The fourth-order valence-corrected chi connectivity index (χ4v) is 2.19. The predicted octanol–water partition coefficient (Wildman–Crippen LogP) is 1.58. The first-order valence-electron chi connectivity index (χ1n) is 7.49. The van der Waals surface area contributed by atoms with Crippen LogP contribution in [0.1, 0.15) is 36.7 Å². The number of nitrogens with two attached hydrogens (primary N) is 1. The van der Waals surface area contributed by atoms with Crippen LogP contribution in [0.2, 0.25) is 0 Å². The number of Topliss-reactive ketones (excluding diaryl/α,β-unsaturated/α-hetero) is 1. The number of aromatic nitrogens is 1. The number of carbonyl (C=O) groups is 3. The maximum atomic E-state index is 12.3. The molecule has 0 aliphatic rings. The molecule has 2 amide bonds. The molecule has 0 unspecified atom stereocenters. The van der Waals surface area contributed by atoms with E-state index in [1.54, 1.807) is 25.1 Å². The van der Waals surface area contributed by atoms with Gasteiger partial charge >= 0.3 is 0 Å². The number of nitrogens with zero attached hydrogens (tertiary/aromatic N) is 1. The van der Waals surface area contributed by atoms with Crippen LogP contribution < -0.4 is 11.1 Å². The molecule has 0 bridgehead atoms. The number of amides is 2. The summed E-state index contributed by atoms with van der Waals surface area (Å²) in [6, 6.07) is 9.91. The topological polar surface area (TPSA) is 102 Å². The number of hydrogen-bond donors (Lipinski definition) is 2. The van der Waals surface area contributed by atoms with Gasteiger partial charge in [-0.25, -0.2) is 4.98 Å². The number of hydrogen-bond acceptors (Lipinski definition) is 4. The first kappa shape index (κ1) is 16.6. The van der Waals surface area contributed by atoms with Crippen LogP contribution in [-0.2, 0) is 9.59 Å². The molecular formula is C17H19N3O3. The molecule has 1 aromatic heterocycles. The van der Waals surface area contributed by atoms with E-state index < -0.39 is 17.9 Å². The highest BCUT2D eigenvalue weighted by atomic mass is 16.2. The maximum absolute atomic E-state index is 12.3. The minimum Gasteiger partial charge on any atom is -0.368 e. The molecule has 0 fully saturated rings. The van der Waals surface area contributed by atoms with Crippen LogP contribution >= 0.6 is 0 Å². The third-order valence-electron chi connectivity index (χ3n) is 3.59. The first-order chi connectivity index (χ1) is 11.0. The normalized spacial score (nSPS) is 11.9. The van der Waals surface area contributed by atoms with Crippen molar-refractivity contribution in [3.8, 4) is 0 Å². The molecule has 1 aromatic carbocycles. The summed E-state index contributed by atoms with van der Waals surface area (Å²) in [6.07, 6.45) is 0.794. The number of benzene rings is 1. The van der Waals surface area contributed by atoms with Gasteiger partial charge in [-0.3, -0.25) is 14.4 Å². The van der Waals surface area contributed by atoms with Gasteiger partial charge in [0.2, 0.25) is 5.91 Å². The number of para-hydroxylation sites is 1. The highest BCUT2D eigenvalue weighted by molar-refractivity contribution is 5.97. The number of pyridine rings is 1. The average Bonchev–Trinajstić information content (AvgIpc) is 2.57. The van der Waals surface area contributed by atoms with Crippen LogP contribution in [0.3, 0.4) is 0 Å². The van der Waals surface area contributed by atoms with E-state index in [-0.39, 0.29) is 24.3 Å². The Hall–Kier alpha value is -2.76. The zero-order chi connectivity index (χ0) is 16.8. The molecule has 6 nitrogen and oxygen atoms in total. The third kappa shape index (κ3) is 4.35. The van der Waals surface area contributed by atoms with Crippen molar-refractivity contribution in [2.75, 3.05) is 0 Å². The summed E-state index contributed by atoms with van der Waals surface area (Å²) in [5.41, 5.74) is 6.19. The molecule has 3 N–H and O–H groups in total. The summed E-state index contributed by atoms with van der Waals surface area (Å²) < 4.78 is 0. The standard InChI is InChI=1S/C17H19N3O3/c1-2-12(21)8-10-14(16(18)22)20-17(23)15-9-7-11-5-3-4-6-13(11)19-15/h3-7,9,14H,2,8,10H2,1H3,(H2,18,22)(H,20,23)/t14-/m0/s1. The van der Waals surface area contributed by atoms with E-state index in [9.17, 15) is 14.4 Å². The van der Waals surface area contributed by atoms with E-state index in [1.807, 2.05) is 18.2 Å². The summed E-state index contributed by atoms with van der Waals surface area (Å²) >= 11 is 0. The quantitative estimate of drug-likeness (QED) is 0.810. The molecule has 0 aliphatic carbocycles. The second-order valence-electron chi connectivity index (χ2n) is 5.25. The molecular weight excluding hydrogens is 294 g/mol. The van der Waals surface area contributed by atoms with E-state index in [1.165, 1.54) is 0 Å². The molecule has 6 heteroatoms. The summed E-state index contributed by atoms with van der Waals surface area (Å²) in [5, 5.41) is 3.47. The number of fused-ring (bicyclic) bond motifs is 1. The van der Waals surface area contributed by atoms with Gasteiger partial charge in [-0.2, -0.15) is 0 Å². The van der Waals surface area contributed by atoms with Gasteiger partial charge in [0, 0.05) is 18.2 Å². The highest BCUT2D eigenvalue weighted by Crippen LogP contribution is 2.12. The summed E-state index contributed by atoms with van der Waals surface area (Å²) in [5.74, 6) is -1.12. The molecule has 120 valence electrons. The maximum Gasteiger partial charge on any atom is 0.270 e. The number of carbonyl (C=O) groups excluding carboxylic acids is 3. The van der Waals surface area contributed by atoms with E-state index in [0.29, 0.717) is 11.9 Å². The van der Waals surface area contributed by atoms with Gasteiger partial charge in [0.15, 0.2) is 0 Å². The van der Waals surface area contributed by atoms with Gasteiger partial charge < -0.3 is 11.1 Å². The Morgan fingerprint density at radius 3 is 2.61 bits per heavy atom. The second-order valence-corrected chi connectivity index (χ2v) is 5.25. The second kappa shape index (κ2) is 7.49. The molecule has 0 saturated heterocycles. The largest absolute Gasteiger partial charge is 0.368 e. The van der Waals surface area contributed by atoms with Gasteiger partial charge in [-0.1, -0.05) is 31.2 Å². The zero-order valence-corrected chi connectivity index (χ0v) is 12.9. The van der Waals surface area contributed by atoms with E-state index in [2.05, 4.69) is 10.3 Å². The van der Waals surface area contributed by atoms with Crippen LogP contribution in [0.4, 0.5) is 0 Å². The van der Waals surface area contributed by atoms with Crippen molar-refractivity contribution in [3.05, 3.63) is 42.1 Å². The Kier molecular flexibility index (Phi) is 5.41. The molecule has 0 aliphatic heterocycles. The van der Waals surface area contributed by atoms with Gasteiger partial charge in [-0.15, -0.1) is 0 Å². The van der Waals surface area contributed by atoms with Crippen LogP contribution in [-0.4, -0.2) is 28.6 Å². The van der Waals surface area contributed by atoms with Crippen LogP contribution in [0.5, 0.6) is 0 Å². The van der Waals surface area contributed by atoms with E-state index in [0.717, 1.165) is 5.39 Å². The average molecular weight is 313 g/mol. The minimum absolute atomic E-state index is 0.0225. The summed E-state index contributed by atoms with van der Waals surface area (Å²) in [6.45, 7) is 1.75. The van der Waals surface area contributed by atoms with Crippen molar-refractivity contribution >= 4 is 28.5 Å². The SMILES string of the molecule is CCC(=O)CC[C@H](NC(=O)c1ccc2ccccc2n1)C(N)=O. The van der Waals surface area contributed by atoms with Crippen LogP contribution in [0.15, 0.2) is 36.4 Å². The Morgan fingerprint density at radius 1 is 1.17 bits per heavy atom. The third-order valence-corrected chi connectivity index (χ3v) is 3.59. The fourth-order valence-electron chi connectivity index (χ4n) is 2.19. The number of ketones is 1. The molecule has 0 radical (unpaired) electrons. The van der Waals surface area contributed by atoms with E-state index in [4.69, 9.17) is 5.73 Å². The highest BCUT2D eigenvalue weighted by Gasteiger charge is 2.20. The molecule has 23 heavy (non-hydrogen) atoms. The molecule has 2 aromatic rings. The van der Waals surface area contributed by atoms with Crippen molar-refractivity contribution < 1.29 is 14.4 Å². The lowest BCUT2D eigenvalue weighted by atomic mass is 10.1. The summed E-state index contributed by atoms with van der Waals surface area (Å²) in [7, 11) is 0. The van der Waals surface area contributed by atoms with Crippen molar-refractivity contribution in [1.29, 1.82) is 0 Å². The smallest absolute Gasteiger partial charge is 0.270 e. The van der Waals surface area contributed by atoms with Crippen molar-refractivity contribution in [1.82, 2.24) is 10.3 Å². The lowest BCUT2D eigenvalue weighted by Crippen LogP contribution is -2.44. The Balaban J connectivity index is 2.10. The first-order valence-corrected chi connectivity index (χ1v) is 7.49. The lowest BCUT2D eigenvalue weighted by Gasteiger charge is -2.14. The number of primary amides is 1. The minimum atomic E-state index is -0.883. The molecule has 1 atom stereocenters. The monoisotopic (exact) mass is 313 g/mol. The Bertz CT molecular complexity index is 743. The zero-order valence-electron chi connectivity index (χ0n) is 12.9. The summed E-state index contributed by atoms with van der Waals surface area (Å²) in [4.78, 5) is 39.3. The molecule has 1 heterocycles. The van der Waals surface area contributed by atoms with Gasteiger partial charge in [0.25, 0.3) is 5.91 Å². The van der Waals surface area contributed by atoms with Crippen LogP contribution in [0.25, 0.3) is 10.9 Å². The molecule has 2 rings (SSSR count). The molecule has 0 spiro atoms. The van der Waals surface area contributed by atoms with Gasteiger partial charge in [-0.05, 0) is 18.6 Å². The van der Waals surface area contributed by atoms with Gasteiger partial charge in [0.1, 0.15) is 17.5 Å². The number of rotatable bonds is 7. The molecule has 0 saturated carbocycles. The Morgan fingerprint density at radius 2 is 1.91 bits per heavy atom. The van der Waals surface area contributed by atoms with Crippen molar-refractivity contribution in [3.63, 3.8) is 0 Å². The van der Waals surface area contributed by atoms with Gasteiger partial charge in [0.05, 0.1) is 5.52 Å². The fraction of sp³-hybridized carbons (Fsp3) is 0.294.